The van der Waals surface area contributed by atoms with Gasteiger partial charge in [0.05, 0.1) is 16.1 Å². The first-order valence-corrected chi connectivity index (χ1v) is 8.23. The second kappa shape index (κ2) is 7.82. The number of methoxy groups -OCH3 is 1. The average molecular weight is 415 g/mol. The molecule has 0 amide bonds. The Labute approximate surface area is 141 Å². The molecule has 0 saturated heterocycles. The maximum absolute atomic E-state index is 6.05. The van der Waals surface area contributed by atoms with Gasteiger partial charge in [-0.15, -0.1) is 0 Å². The molecule has 3 nitrogen and oxygen atoms in total. The maximum Gasteiger partial charge on any atom is 0.143 e. The Bertz CT molecular complexity index is 617. The fraction of sp³-hybridized carbons (Fsp3) is 0.250. The molecule has 2 aromatic rings. The molecule has 2 rings (SSSR count). The second-order valence-corrected chi connectivity index (χ2v) is 6.12. The molecular formula is C16H17Br2NO2. The summed E-state index contributed by atoms with van der Waals surface area (Å²) in [6.45, 7) is 3.79. The summed E-state index contributed by atoms with van der Waals surface area (Å²) in [5.74, 6) is 2.35. The summed E-state index contributed by atoms with van der Waals surface area (Å²) in [6.07, 6.45) is 0. The van der Waals surface area contributed by atoms with Gasteiger partial charge in [0.1, 0.15) is 17.2 Å². The van der Waals surface area contributed by atoms with Crippen LogP contribution in [0.25, 0.3) is 0 Å². The molecule has 1 N–H and O–H groups in total. The third-order valence-corrected chi connectivity index (χ3v) is 4.20. The van der Waals surface area contributed by atoms with Crippen molar-refractivity contribution in [3.05, 3.63) is 50.9 Å². The molecule has 0 aliphatic carbocycles. The minimum Gasteiger partial charge on any atom is -0.496 e. The minimum atomic E-state index is 0.742. The van der Waals surface area contributed by atoms with Crippen molar-refractivity contribution in [1.82, 2.24) is 5.32 Å². The molecule has 0 spiro atoms. The van der Waals surface area contributed by atoms with E-state index in [1.54, 1.807) is 7.11 Å². The SMILES string of the molecule is CCNCc1ccccc1Oc1cc(Br)c(OC)cc1Br. The lowest BCUT2D eigenvalue weighted by atomic mass is 10.2. The lowest BCUT2D eigenvalue weighted by Crippen LogP contribution is -2.12. The molecule has 21 heavy (non-hydrogen) atoms. The lowest BCUT2D eigenvalue weighted by molar-refractivity contribution is 0.409. The van der Waals surface area contributed by atoms with Crippen molar-refractivity contribution in [2.24, 2.45) is 0 Å². The van der Waals surface area contributed by atoms with Gasteiger partial charge < -0.3 is 14.8 Å². The van der Waals surface area contributed by atoms with E-state index in [0.29, 0.717) is 0 Å². The first-order chi connectivity index (χ1) is 10.2. The van der Waals surface area contributed by atoms with Gasteiger partial charge in [-0.1, -0.05) is 25.1 Å². The van der Waals surface area contributed by atoms with Gasteiger partial charge in [0.2, 0.25) is 0 Å². The average Bonchev–Trinajstić information content (AvgIpc) is 2.49. The molecule has 0 aromatic heterocycles. The zero-order valence-electron chi connectivity index (χ0n) is 12.0. The van der Waals surface area contributed by atoms with Crippen LogP contribution in [0.1, 0.15) is 12.5 Å². The fourth-order valence-corrected chi connectivity index (χ4v) is 2.76. The van der Waals surface area contributed by atoms with E-state index in [9.17, 15) is 0 Å². The summed E-state index contributed by atoms with van der Waals surface area (Å²) in [6, 6.07) is 11.8. The highest BCUT2D eigenvalue weighted by Crippen LogP contribution is 2.38. The number of hydrogen-bond donors (Lipinski definition) is 1. The summed E-state index contributed by atoms with van der Waals surface area (Å²) in [5, 5.41) is 3.31. The number of rotatable bonds is 6. The Balaban J connectivity index is 2.28. The number of ether oxygens (including phenoxy) is 2. The van der Waals surface area contributed by atoms with Gasteiger partial charge in [0.15, 0.2) is 0 Å². The van der Waals surface area contributed by atoms with E-state index >= 15 is 0 Å². The highest BCUT2D eigenvalue weighted by Gasteiger charge is 2.11. The molecule has 0 unspecified atom stereocenters. The summed E-state index contributed by atoms with van der Waals surface area (Å²) in [5.41, 5.74) is 1.12. The van der Waals surface area contributed by atoms with Gasteiger partial charge in [-0.2, -0.15) is 0 Å². The number of nitrogens with one attached hydrogen (secondary N) is 1. The molecular weight excluding hydrogens is 398 g/mol. The largest absolute Gasteiger partial charge is 0.496 e. The fourth-order valence-electron chi connectivity index (χ4n) is 1.87. The monoisotopic (exact) mass is 413 g/mol. The highest BCUT2D eigenvalue weighted by atomic mass is 79.9. The van der Waals surface area contributed by atoms with Gasteiger partial charge in [-0.3, -0.25) is 0 Å². The normalized spacial score (nSPS) is 10.5. The van der Waals surface area contributed by atoms with Crippen LogP contribution in [-0.4, -0.2) is 13.7 Å². The Hall–Kier alpha value is -1.04. The third kappa shape index (κ3) is 4.22. The maximum atomic E-state index is 6.05. The van der Waals surface area contributed by atoms with E-state index in [1.807, 2.05) is 30.3 Å². The molecule has 0 aliphatic rings. The molecule has 0 atom stereocenters. The lowest BCUT2D eigenvalue weighted by Gasteiger charge is -2.14. The van der Waals surface area contributed by atoms with Crippen molar-refractivity contribution in [3.63, 3.8) is 0 Å². The number of halogens is 2. The molecule has 2 aromatic carbocycles. The first kappa shape index (κ1) is 16.3. The van der Waals surface area contributed by atoms with Gasteiger partial charge in [-0.05, 0) is 56.6 Å². The summed E-state index contributed by atoms with van der Waals surface area (Å²) in [7, 11) is 1.64. The van der Waals surface area contributed by atoms with Crippen LogP contribution in [0.2, 0.25) is 0 Å². The standard InChI is InChI=1S/C16H17Br2NO2/c1-3-19-10-11-6-4-5-7-14(11)21-16-9-12(17)15(20-2)8-13(16)18/h4-9,19H,3,10H2,1-2H3. The van der Waals surface area contributed by atoms with E-state index in [-0.39, 0.29) is 0 Å². The highest BCUT2D eigenvalue weighted by molar-refractivity contribution is 9.11. The summed E-state index contributed by atoms with van der Waals surface area (Å²) < 4.78 is 13.0. The molecule has 112 valence electrons. The molecule has 5 heteroatoms. The predicted molar refractivity (Wildman–Crippen MR) is 92.3 cm³/mol. The molecule has 0 saturated carbocycles. The number of hydrogen-bond acceptors (Lipinski definition) is 3. The second-order valence-electron chi connectivity index (χ2n) is 4.41. The van der Waals surface area contributed by atoms with Crippen molar-refractivity contribution >= 4 is 31.9 Å². The van der Waals surface area contributed by atoms with E-state index in [0.717, 1.165) is 44.8 Å². The molecule has 0 aliphatic heterocycles. The van der Waals surface area contributed by atoms with Crippen LogP contribution >= 0.6 is 31.9 Å². The third-order valence-electron chi connectivity index (χ3n) is 2.96. The van der Waals surface area contributed by atoms with Crippen molar-refractivity contribution in [3.8, 4) is 17.2 Å². The summed E-state index contributed by atoms with van der Waals surface area (Å²) >= 11 is 6.99. The van der Waals surface area contributed by atoms with Gasteiger partial charge >= 0.3 is 0 Å². The van der Waals surface area contributed by atoms with Crippen LogP contribution in [0, 0.1) is 0 Å². The van der Waals surface area contributed by atoms with Crippen LogP contribution in [0.15, 0.2) is 45.3 Å². The summed E-state index contributed by atoms with van der Waals surface area (Å²) in [4.78, 5) is 0. The Morgan fingerprint density at radius 3 is 2.38 bits per heavy atom. The van der Waals surface area contributed by atoms with Gasteiger partial charge in [0.25, 0.3) is 0 Å². The quantitative estimate of drug-likeness (QED) is 0.711. The number of para-hydroxylation sites is 1. The van der Waals surface area contributed by atoms with Crippen LogP contribution < -0.4 is 14.8 Å². The van der Waals surface area contributed by atoms with Gasteiger partial charge in [0, 0.05) is 12.1 Å². The molecule has 0 heterocycles. The van der Waals surface area contributed by atoms with Crippen LogP contribution in [0.3, 0.4) is 0 Å². The molecule has 0 radical (unpaired) electrons. The van der Waals surface area contributed by atoms with Gasteiger partial charge in [-0.25, -0.2) is 0 Å². The van der Waals surface area contributed by atoms with Crippen LogP contribution in [0.5, 0.6) is 17.2 Å². The zero-order chi connectivity index (χ0) is 15.2. The van der Waals surface area contributed by atoms with Crippen molar-refractivity contribution in [2.45, 2.75) is 13.5 Å². The topological polar surface area (TPSA) is 30.5 Å². The minimum absolute atomic E-state index is 0.742. The Morgan fingerprint density at radius 1 is 1.00 bits per heavy atom. The Morgan fingerprint density at radius 2 is 1.67 bits per heavy atom. The zero-order valence-corrected chi connectivity index (χ0v) is 15.1. The molecule has 0 bridgehead atoms. The van der Waals surface area contributed by atoms with E-state index in [1.165, 1.54) is 0 Å². The van der Waals surface area contributed by atoms with Crippen LogP contribution in [-0.2, 0) is 6.54 Å². The van der Waals surface area contributed by atoms with E-state index in [4.69, 9.17) is 9.47 Å². The number of benzene rings is 2. The predicted octanol–water partition coefficient (Wildman–Crippen LogP) is 5.12. The smallest absolute Gasteiger partial charge is 0.143 e. The van der Waals surface area contributed by atoms with Crippen molar-refractivity contribution < 1.29 is 9.47 Å². The van der Waals surface area contributed by atoms with Crippen molar-refractivity contribution in [2.75, 3.05) is 13.7 Å². The van der Waals surface area contributed by atoms with Crippen LogP contribution in [0.4, 0.5) is 0 Å². The Kier molecular flexibility index (Phi) is 6.08. The van der Waals surface area contributed by atoms with Crippen molar-refractivity contribution in [1.29, 1.82) is 0 Å². The first-order valence-electron chi connectivity index (χ1n) is 6.65. The van der Waals surface area contributed by atoms with E-state index < -0.39 is 0 Å². The van der Waals surface area contributed by atoms with E-state index in [2.05, 4.69) is 50.2 Å². The molecule has 0 fully saturated rings.